The molecule has 2 aromatic carbocycles. The van der Waals surface area contributed by atoms with Gasteiger partial charge in [-0.15, -0.1) is 24.0 Å². The Balaban J connectivity index is 0.00000363. The van der Waals surface area contributed by atoms with Crippen molar-refractivity contribution in [1.82, 2.24) is 15.1 Å². The average Bonchev–Trinajstić information content (AvgIpc) is 2.80. The standard InChI is InChI=1S/C23H31ClN4O3.HI/c1-25-23(26-15-17-5-7-19(24)8-6-17)28-11-9-27(10-12-28)16-18-13-20(29-2)22(31-4)21(14-18)30-3;/h5-8,13-14H,9-12,15-16H2,1-4H3,(H,25,26);1H. The van der Waals surface area contributed by atoms with Gasteiger partial charge >= 0.3 is 0 Å². The molecular formula is C23H32ClIN4O3. The Morgan fingerprint density at radius 3 is 2.03 bits per heavy atom. The van der Waals surface area contributed by atoms with Gasteiger partial charge in [-0.1, -0.05) is 23.7 Å². The van der Waals surface area contributed by atoms with Gasteiger partial charge in [0.05, 0.1) is 21.3 Å². The molecule has 1 N–H and O–H groups in total. The van der Waals surface area contributed by atoms with E-state index in [-0.39, 0.29) is 24.0 Å². The van der Waals surface area contributed by atoms with Crippen LogP contribution in [0.4, 0.5) is 0 Å². The number of halogens is 2. The highest BCUT2D eigenvalue weighted by Gasteiger charge is 2.21. The van der Waals surface area contributed by atoms with Crippen molar-refractivity contribution in [2.75, 3.05) is 54.6 Å². The summed E-state index contributed by atoms with van der Waals surface area (Å²) in [4.78, 5) is 9.17. The Bertz CT molecular complexity index is 862. The average molecular weight is 575 g/mol. The van der Waals surface area contributed by atoms with Crippen LogP contribution in [0, 0.1) is 0 Å². The third kappa shape index (κ3) is 6.79. The molecule has 1 aliphatic rings. The maximum Gasteiger partial charge on any atom is 0.203 e. The fraction of sp³-hybridized carbons (Fsp3) is 0.435. The maximum absolute atomic E-state index is 5.97. The lowest BCUT2D eigenvalue weighted by Crippen LogP contribution is -2.52. The molecule has 0 aromatic heterocycles. The molecule has 1 aliphatic heterocycles. The van der Waals surface area contributed by atoms with Crippen molar-refractivity contribution in [2.24, 2.45) is 4.99 Å². The van der Waals surface area contributed by atoms with Crippen LogP contribution in [0.25, 0.3) is 0 Å². The number of rotatable bonds is 7. The monoisotopic (exact) mass is 574 g/mol. The first-order valence-electron chi connectivity index (χ1n) is 10.3. The van der Waals surface area contributed by atoms with E-state index in [2.05, 4.69) is 20.1 Å². The van der Waals surface area contributed by atoms with E-state index in [0.717, 1.165) is 55.8 Å². The molecule has 176 valence electrons. The van der Waals surface area contributed by atoms with E-state index < -0.39 is 0 Å². The molecule has 0 amide bonds. The second kappa shape index (κ2) is 13.0. The van der Waals surface area contributed by atoms with Crippen molar-refractivity contribution in [3.05, 3.63) is 52.5 Å². The minimum Gasteiger partial charge on any atom is -0.493 e. The summed E-state index contributed by atoms with van der Waals surface area (Å²) in [6, 6.07) is 11.9. The number of hydrogen-bond acceptors (Lipinski definition) is 5. The number of guanidine groups is 1. The summed E-state index contributed by atoms with van der Waals surface area (Å²) in [5.74, 6) is 2.90. The molecule has 1 fully saturated rings. The third-order valence-corrected chi connectivity index (χ3v) is 5.63. The van der Waals surface area contributed by atoms with Crippen LogP contribution in [-0.2, 0) is 13.1 Å². The maximum atomic E-state index is 5.97. The third-order valence-electron chi connectivity index (χ3n) is 5.38. The van der Waals surface area contributed by atoms with Gasteiger partial charge in [-0.2, -0.15) is 0 Å². The summed E-state index contributed by atoms with van der Waals surface area (Å²) in [6.07, 6.45) is 0. The van der Waals surface area contributed by atoms with E-state index in [1.54, 1.807) is 21.3 Å². The van der Waals surface area contributed by atoms with E-state index in [0.29, 0.717) is 17.2 Å². The summed E-state index contributed by atoms with van der Waals surface area (Å²) >= 11 is 5.97. The zero-order valence-corrected chi connectivity index (χ0v) is 22.1. The fourth-order valence-electron chi connectivity index (χ4n) is 3.72. The van der Waals surface area contributed by atoms with Gasteiger partial charge in [-0.05, 0) is 35.4 Å². The van der Waals surface area contributed by atoms with Gasteiger partial charge in [0.1, 0.15) is 0 Å². The van der Waals surface area contributed by atoms with Crippen LogP contribution in [0.1, 0.15) is 11.1 Å². The Morgan fingerprint density at radius 1 is 0.938 bits per heavy atom. The van der Waals surface area contributed by atoms with Crippen molar-refractivity contribution in [3.63, 3.8) is 0 Å². The molecule has 2 aromatic rings. The van der Waals surface area contributed by atoms with E-state index in [1.807, 2.05) is 43.4 Å². The molecule has 3 rings (SSSR count). The lowest BCUT2D eigenvalue weighted by atomic mass is 10.1. The van der Waals surface area contributed by atoms with Crippen molar-refractivity contribution >= 4 is 41.5 Å². The highest BCUT2D eigenvalue weighted by atomic mass is 127. The zero-order valence-electron chi connectivity index (χ0n) is 19.1. The molecule has 0 radical (unpaired) electrons. The molecule has 1 saturated heterocycles. The second-order valence-corrected chi connectivity index (χ2v) is 7.76. The topological polar surface area (TPSA) is 58.6 Å². The van der Waals surface area contributed by atoms with Gasteiger partial charge in [-0.25, -0.2) is 0 Å². The smallest absolute Gasteiger partial charge is 0.203 e. The van der Waals surface area contributed by atoms with Crippen molar-refractivity contribution in [2.45, 2.75) is 13.1 Å². The summed E-state index contributed by atoms with van der Waals surface area (Å²) in [6.45, 7) is 5.24. The lowest BCUT2D eigenvalue weighted by molar-refractivity contribution is 0.172. The Hall–Kier alpha value is -1.91. The first-order valence-corrected chi connectivity index (χ1v) is 10.7. The van der Waals surface area contributed by atoms with E-state index in [4.69, 9.17) is 25.8 Å². The van der Waals surface area contributed by atoms with E-state index in [1.165, 1.54) is 5.56 Å². The number of methoxy groups -OCH3 is 3. The summed E-state index contributed by atoms with van der Waals surface area (Å²) in [5, 5.41) is 4.20. The molecule has 0 unspecified atom stereocenters. The van der Waals surface area contributed by atoms with Gasteiger partial charge in [0.25, 0.3) is 0 Å². The van der Waals surface area contributed by atoms with Crippen molar-refractivity contribution in [1.29, 1.82) is 0 Å². The van der Waals surface area contributed by atoms with Crippen LogP contribution in [0.2, 0.25) is 5.02 Å². The number of ether oxygens (including phenoxy) is 3. The molecule has 0 aliphatic carbocycles. The van der Waals surface area contributed by atoms with Crippen LogP contribution in [0.5, 0.6) is 17.2 Å². The molecule has 0 bridgehead atoms. The number of benzene rings is 2. The van der Waals surface area contributed by atoms with Gasteiger partial charge in [0.15, 0.2) is 17.5 Å². The Kier molecular flexibility index (Phi) is 10.7. The predicted molar refractivity (Wildman–Crippen MR) is 140 cm³/mol. The SMILES string of the molecule is CN=C(NCc1ccc(Cl)cc1)N1CCN(Cc2cc(OC)c(OC)c(OC)c2)CC1.I. The first-order chi connectivity index (χ1) is 15.1. The molecule has 9 heteroatoms. The van der Waals surface area contributed by atoms with E-state index in [9.17, 15) is 0 Å². The van der Waals surface area contributed by atoms with Crippen molar-refractivity contribution in [3.8, 4) is 17.2 Å². The molecule has 0 spiro atoms. The normalized spacial score (nSPS) is 14.5. The quantitative estimate of drug-likeness (QED) is 0.308. The van der Waals surface area contributed by atoms with Crippen LogP contribution in [0.3, 0.4) is 0 Å². The summed E-state index contributed by atoms with van der Waals surface area (Å²) < 4.78 is 16.4. The fourth-order valence-corrected chi connectivity index (χ4v) is 3.84. The van der Waals surface area contributed by atoms with Gasteiger partial charge in [0, 0.05) is 51.3 Å². The highest BCUT2D eigenvalue weighted by Crippen LogP contribution is 2.38. The Morgan fingerprint density at radius 2 is 1.53 bits per heavy atom. The number of hydrogen-bond donors (Lipinski definition) is 1. The molecular weight excluding hydrogens is 543 g/mol. The van der Waals surface area contributed by atoms with Gasteiger partial charge in [-0.3, -0.25) is 9.89 Å². The number of piperazine rings is 1. The molecule has 0 atom stereocenters. The number of nitrogens with one attached hydrogen (secondary N) is 1. The van der Waals surface area contributed by atoms with E-state index >= 15 is 0 Å². The summed E-state index contributed by atoms with van der Waals surface area (Å²) in [7, 11) is 6.73. The van der Waals surface area contributed by atoms with Crippen LogP contribution < -0.4 is 19.5 Å². The van der Waals surface area contributed by atoms with Gasteiger partial charge in [0.2, 0.25) is 5.75 Å². The highest BCUT2D eigenvalue weighted by molar-refractivity contribution is 14.0. The molecule has 1 heterocycles. The number of nitrogens with zero attached hydrogens (tertiary/aromatic N) is 3. The first kappa shape index (κ1) is 26.3. The zero-order chi connectivity index (χ0) is 22.2. The van der Waals surface area contributed by atoms with Crippen molar-refractivity contribution < 1.29 is 14.2 Å². The minimum absolute atomic E-state index is 0. The van der Waals surface area contributed by atoms with Crippen LogP contribution in [0.15, 0.2) is 41.4 Å². The summed E-state index contributed by atoms with van der Waals surface area (Å²) in [5.41, 5.74) is 2.31. The molecule has 7 nitrogen and oxygen atoms in total. The van der Waals surface area contributed by atoms with Crippen LogP contribution in [-0.4, -0.2) is 70.3 Å². The molecule has 32 heavy (non-hydrogen) atoms. The number of aliphatic imine (C=N–C) groups is 1. The Labute approximate surface area is 212 Å². The predicted octanol–water partition coefficient (Wildman–Crippen LogP) is 3.88. The lowest BCUT2D eigenvalue weighted by Gasteiger charge is -2.36. The minimum atomic E-state index is 0. The van der Waals surface area contributed by atoms with Gasteiger partial charge < -0.3 is 24.4 Å². The second-order valence-electron chi connectivity index (χ2n) is 7.32. The largest absolute Gasteiger partial charge is 0.493 e. The molecule has 0 saturated carbocycles. The van der Waals surface area contributed by atoms with Crippen LogP contribution >= 0.6 is 35.6 Å².